The van der Waals surface area contributed by atoms with E-state index in [0.29, 0.717) is 37.2 Å². The molecule has 7 nitrogen and oxygen atoms in total. The van der Waals surface area contributed by atoms with E-state index >= 15 is 0 Å². The van der Waals surface area contributed by atoms with Gasteiger partial charge in [0.05, 0.1) is 5.92 Å². The molecular formula is C20H27N3O4. The van der Waals surface area contributed by atoms with E-state index in [1.165, 1.54) is 0 Å². The molecule has 2 saturated heterocycles. The third-order valence-corrected chi connectivity index (χ3v) is 5.64. The van der Waals surface area contributed by atoms with Gasteiger partial charge < -0.3 is 24.6 Å². The van der Waals surface area contributed by atoms with Gasteiger partial charge in [0.25, 0.3) is 0 Å². The predicted molar refractivity (Wildman–Crippen MR) is 101 cm³/mol. The number of piperidine rings is 1. The molecule has 2 unspecified atom stereocenters. The van der Waals surface area contributed by atoms with Gasteiger partial charge in [-0.3, -0.25) is 9.59 Å². The Balaban J connectivity index is 1.43. The van der Waals surface area contributed by atoms with Crippen LogP contribution in [0.5, 0.6) is 11.5 Å². The van der Waals surface area contributed by atoms with Gasteiger partial charge in [0, 0.05) is 37.8 Å². The van der Waals surface area contributed by atoms with Gasteiger partial charge in [-0.2, -0.15) is 0 Å². The molecule has 0 saturated carbocycles. The van der Waals surface area contributed by atoms with Gasteiger partial charge in [-0.05, 0) is 44.5 Å². The summed E-state index contributed by atoms with van der Waals surface area (Å²) in [5, 5.41) is 3.20. The minimum atomic E-state index is -0.265. The van der Waals surface area contributed by atoms with E-state index in [-0.39, 0.29) is 24.2 Å². The highest BCUT2D eigenvalue weighted by molar-refractivity contribution is 6.00. The zero-order valence-corrected chi connectivity index (χ0v) is 15.8. The van der Waals surface area contributed by atoms with E-state index in [9.17, 15) is 9.59 Å². The summed E-state index contributed by atoms with van der Waals surface area (Å²) in [6.45, 7) is 3.99. The molecule has 3 aliphatic rings. The van der Waals surface area contributed by atoms with Gasteiger partial charge in [-0.25, -0.2) is 0 Å². The van der Waals surface area contributed by atoms with Crippen LogP contribution >= 0.6 is 0 Å². The zero-order valence-electron chi connectivity index (χ0n) is 15.8. The molecule has 27 heavy (non-hydrogen) atoms. The van der Waals surface area contributed by atoms with E-state index in [0.717, 1.165) is 38.2 Å². The molecule has 3 heterocycles. The minimum absolute atomic E-state index is 0.00573. The second-order valence-electron chi connectivity index (χ2n) is 7.58. The zero-order chi connectivity index (χ0) is 18.8. The van der Waals surface area contributed by atoms with Gasteiger partial charge in [0.2, 0.25) is 11.8 Å². The Kier molecular flexibility index (Phi) is 5.20. The molecule has 0 radical (unpaired) electrons. The topological polar surface area (TPSA) is 71.1 Å². The van der Waals surface area contributed by atoms with E-state index < -0.39 is 0 Å². The lowest BCUT2D eigenvalue weighted by Crippen LogP contribution is -2.45. The molecule has 0 aromatic heterocycles. The highest BCUT2D eigenvalue weighted by atomic mass is 16.6. The normalized spacial score (nSPS) is 25.0. The largest absolute Gasteiger partial charge is 0.486 e. The number of nitrogens with zero attached hydrogens (tertiary/aromatic N) is 2. The van der Waals surface area contributed by atoms with Crippen molar-refractivity contribution in [2.24, 2.45) is 11.8 Å². The molecule has 0 aliphatic carbocycles. The molecule has 7 heteroatoms. The summed E-state index contributed by atoms with van der Waals surface area (Å²) >= 11 is 0. The molecule has 146 valence electrons. The number of amides is 2. The first-order chi connectivity index (χ1) is 13.2. The number of likely N-dealkylation sites (tertiary alicyclic amines) is 1. The molecular weight excluding hydrogens is 346 g/mol. The van der Waals surface area contributed by atoms with Crippen molar-refractivity contribution in [1.82, 2.24) is 10.2 Å². The molecule has 2 amide bonds. The van der Waals surface area contributed by atoms with E-state index in [2.05, 4.69) is 5.32 Å². The quantitative estimate of drug-likeness (QED) is 0.861. The maximum Gasteiger partial charge on any atom is 0.228 e. The minimum Gasteiger partial charge on any atom is -0.486 e. The Hall–Kier alpha value is -2.28. The second-order valence-corrected chi connectivity index (χ2v) is 7.58. The average molecular weight is 373 g/mol. The summed E-state index contributed by atoms with van der Waals surface area (Å²) in [5.74, 6) is 1.70. The molecule has 0 bridgehead atoms. The maximum atomic E-state index is 13.0. The van der Waals surface area contributed by atoms with Crippen molar-refractivity contribution in [2.45, 2.75) is 19.3 Å². The van der Waals surface area contributed by atoms with Crippen molar-refractivity contribution in [3.8, 4) is 11.5 Å². The van der Waals surface area contributed by atoms with Gasteiger partial charge in [-0.1, -0.05) is 0 Å². The van der Waals surface area contributed by atoms with Crippen LogP contribution in [0.25, 0.3) is 0 Å². The van der Waals surface area contributed by atoms with E-state index in [1.807, 2.05) is 30.1 Å². The van der Waals surface area contributed by atoms with Crippen LogP contribution in [0.3, 0.4) is 0 Å². The van der Waals surface area contributed by atoms with Crippen LogP contribution < -0.4 is 19.7 Å². The van der Waals surface area contributed by atoms with Crippen molar-refractivity contribution in [3.05, 3.63) is 18.2 Å². The number of carbonyl (C=O) groups excluding carboxylic acids is 2. The van der Waals surface area contributed by atoms with Crippen LogP contribution in [-0.2, 0) is 9.59 Å². The van der Waals surface area contributed by atoms with Gasteiger partial charge >= 0.3 is 0 Å². The van der Waals surface area contributed by atoms with Crippen LogP contribution in [0.1, 0.15) is 19.3 Å². The highest BCUT2D eigenvalue weighted by Crippen LogP contribution is 2.36. The van der Waals surface area contributed by atoms with Crippen molar-refractivity contribution in [2.75, 3.05) is 51.3 Å². The van der Waals surface area contributed by atoms with Crippen LogP contribution in [0.2, 0.25) is 0 Å². The molecule has 1 N–H and O–H groups in total. The first-order valence-electron chi connectivity index (χ1n) is 9.79. The third-order valence-electron chi connectivity index (χ3n) is 5.64. The molecule has 4 rings (SSSR count). The summed E-state index contributed by atoms with van der Waals surface area (Å²) < 4.78 is 11.2. The SMILES string of the molecule is CNCC1CCCN(C(=O)C2CC(=O)N(c3ccc4c(c3)OCCO4)C2)C1. The average Bonchev–Trinajstić information content (AvgIpc) is 3.09. The fourth-order valence-electron chi connectivity index (χ4n) is 4.30. The predicted octanol–water partition coefficient (Wildman–Crippen LogP) is 1.27. The molecule has 2 fully saturated rings. The molecule has 2 atom stereocenters. The van der Waals surface area contributed by atoms with Gasteiger partial charge in [-0.15, -0.1) is 0 Å². The number of ether oxygens (including phenoxy) is 2. The number of anilines is 1. The summed E-state index contributed by atoms with van der Waals surface area (Å²) in [7, 11) is 1.95. The Morgan fingerprint density at radius 3 is 2.85 bits per heavy atom. The summed E-state index contributed by atoms with van der Waals surface area (Å²) in [6.07, 6.45) is 2.46. The fraction of sp³-hybridized carbons (Fsp3) is 0.600. The lowest BCUT2D eigenvalue weighted by molar-refractivity contribution is -0.137. The Labute approximate surface area is 159 Å². The first kappa shape index (κ1) is 18.1. The van der Waals surface area contributed by atoms with Crippen LogP contribution in [0.4, 0.5) is 5.69 Å². The van der Waals surface area contributed by atoms with E-state index in [4.69, 9.17) is 9.47 Å². The fourth-order valence-corrected chi connectivity index (χ4v) is 4.30. The van der Waals surface area contributed by atoms with E-state index in [1.54, 1.807) is 4.90 Å². The molecule has 0 spiro atoms. The number of benzene rings is 1. The number of nitrogens with one attached hydrogen (secondary N) is 1. The number of fused-ring (bicyclic) bond motifs is 1. The molecule has 3 aliphatic heterocycles. The standard InChI is InChI=1S/C20H27N3O4/c1-21-11-14-3-2-6-22(12-14)20(25)15-9-19(24)23(13-15)16-4-5-17-18(10-16)27-8-7-26-17/h4-5,10,14-15,21H,2-3,6-9,11-13H2,1H3. The number of carbonyl (C=O) groups is 2. The van der Waals surface area contributed by atoms with Gasteiger partial charge in [0.15, 0.2) is 11.5 Å². The lowest BCUT2D eigenvalue weighted by atomic mass is 9.96. The summed E-state index contributed by atoms with van der Waals surface area (Å²) in [5.41, 5.74) is 0.770. The molecule has 1 aromatic rings. The third kappa shape index (κ3) is 3.74. The second kappa shape index (κ2) is 7.76. The summed E-state index contributed by atoms with van der Waals surface area (Å²) in [4.78, 5) is 29.2. The van der Waals surface area contributed by atoms with Crippen molar-refractivity contribution in [1.29, 1.82) is 0 Å². The Morgan fingerprint density at radius 2 is 2.04 bits per heavy atom. The smallest absolute Gasteiger partial charge is 0.228 e. The number of rotatable bonds is 4. The number of hydrogen-bond donors (Lipinski definition) is 1. The molecule has 1 aromatic carbocycles. The van der Waals surface area contributed by atoms with Gasteiger partial charge in [0.1, 0.15) is 13.2 Å². The maximum absolute atomic E-state index is 13.0. The first-order valence-corrected chi connectivity index (χ1v) is 9.79. The highest BCUT2D eigenvalue weighted by Gasteiger charge is 2.38. The summed E-state index contributed by atoms with van der Waals surface area (Å²) in [6, 6.07) is 5.53. The lowest BCUT2D eigenvalue weighted by Gasteiger charge is -2.34. The van der Waals surface area contributed by atoms with Crippen LogP contribution in [-0.4, -0.2) is 63.2 Å². The number of hydrogen-bond acceptors (Lipinski definition) is 5. The van der Waals surface area contributed by atoms with Crippen molar-refractivity contribution in [3.63, 3.8) is 0 Å². The van der Waals surface area contributed by atoms with Crippen LogP contribution in [0.15, 0.2) is 18.2 Å². The monoisotopic (exact) mass is 373 g/mol. The van der Waals surface area contributed by atoms with Crippen LogP contribution in [0, 0.1) is 11.8 Å². The Morgan fingerprint density at radius 1 is 1.22 bits per heavy atom. The van der Waals surface area contributed by atoms with Crippen molar-refractivity contribution < 1.29 is 19.1 Å². The van der Waals surface area contributed by atoms with Crippen molar-refractivity contribution >= 4 is 17.5 Å². The Bertz CT molecular complexity index is 721.